The van der Waals surface area contributed by atoms with Crippen molar-refractivity contribution >= 4 is 23.4 Å². The molecule has 1 aromatic carbocycles. The van der Waals surface area contributed by atoms with Crippen LogP contribution in [-0.4, -0.2) is 34.8 Å². The highest BCUT2D eigenvalue weighted by molar-refractivity contribution is 6.30. The first-order valence-electron chi connectivity index (χ1n) is 8.86. The molecule has 1 fully saturated rings. The number of pyridine rings is 1. The number of hydrogen-bond acceptors (Lipinski definition) is 3. The number of nitrogens with one attached hydrogen (secondary N) is 1. The normalized spacial score (nSPS) is 16.0. The zero-order valence-corrected chi connectivity index (χ0v) is 15.3. The van der Waals surface area contributed by atoms with Gasteiger partial charge in [-0.25, -0.2) is 0 Å². The molecule has 0 radical (unpaired) electrons. The minimum Gasteiger partial charge on any atom is -0.344 e. The summed E-state index contributed by atoms with van der Waals surface area (Å²) >= 11 is 5.98. The molecule has 1 aliphatic rings. The quantitative estimate of drug-likeness (QED) is 0.876. The molecule has 2 heterocycles. The van der Waals surface area contributed by atoms with Crippen LogP contribution >= 0.6 is 11.6 Å². The lowest BCUT2D eigenvalue weighted by molar-refractivity contribution is -0.135. The Morgan fingerprint density at radius 2 is 1.96 bits per heavy atom. The fourth-order valence-electron chi connectivity index (χ4n) is 3.15. The Balaban J connectivity index is 1.76. The predicted molar refractivity (Wildman–Crippen MR) is 101 cm³/mol. The third-order valence-corrected chi connectivity index (χ3v) is 4.78. The standard InChI is InChI=1S/C20H22ClN3O2/c21-17-9-7-15(8-10-17)20(16-5-4-11-22-13-16)23-18(25)14-24-12-3-1-2-6-19(24)26/h4-5,7-11,13,20H,1-3,6,12,14H2,(H,23,25)/t20-/m0/s1. The molecule has 0 bridgehead atoms. The number of aromatic nitrogens is 1. The first kappa shape index (κ1) is 18.4. The molecule has 136 valence electrons. The van der Waals surface area contributed by atoms with Gasteiger partial charge in [-0.15, -0.1) is 0 Å². The summed E-state index contributed by atoms with van der Waals surface area (Å²) in [5, 5.41) is 3.68. The lowest BCUT2D eigenvalue weighted by Gasteiger charge is -2.23. The van der Waals surface area contributed by atoms with Crippen LogP contribution in [0.2, 0.25) is 5.02 Å². The summed E-state index contributed by atoms with van der Waals surface area (Å²) in [4.78, 5) is 30.6. The second-order valence-corrected chi connectivity index (χ2v) is 6.90. The monoisotopic (exact) mass is 371 g/mol. The van der Waals surface area contributed by atoms with E-state index in [1.165, 1.54) is 0 Å². The number of rotatable bonds is 5. The van der Waals surface area contributed by atoms with E-state index in [0.29, 0.717) is 18.0 Å². The molecule has 0 unspecified atom stereocenters. The van der Waals surface area contributed by atoms with Gasteiger partial charge in [-0.3, -0.25) is 14.6 Å². The minimum absolute atomic E-state index is 0.0575. The van der Waals surface area contributed by atoms with E-state index < -0.39 is 0 Å². The molecule has 6 heteroatoms. The van der Waals surface area contributed by atoms with Gasteiger partial charge >= 0.3 is 0 Å². The van der Waals surface area contributed by atoms with Gasteiger partial charge in [-0.05, 0) is 42.2 Å². The van der Waals surface area contributed by atoms with Crippen LogP contribution in [0.4, 0.5) is 0 Å². The van der Waals surface area contributed by atoms with E-state index in [-0.39, 0.29) is 24.4 Å². The fraction of sp³-hybridized carbons (Fsp3) is 0.350. The van der Waals surface area contributed by atoms with Crippen molar-refractivity contribution in [3.63, 3.8) is 0 Å². The number of amides is 2. The summed E-state index contributed by atoms with van der Waals surface area (Å²) in [5.74, 6) is -0.119. The molecule has 1 N–H and O–H groups in total. The molecule has 1 atom stereocenters. The second-order valence-electron chi connectivity index (χ2n) is 6.46. The zero-order valence-electron chi connectivity index (χ0n) is 14.5. The van der Waals surface area contributed by atoms with Crippen LogP contribution in [0, 0.1) is 0 Å². The molecule has 1 saturated heterocycles. The molecule has 26 heavy (non-hydrogen) atoms. The van der Waals surface area contributed by atoms with Gasteiger partial charge in [0.25, 0.3) is 0 Å². The summed E-state index contributed by atoms with van der Waals surface area (Å²) < 4.78 is 0. The Morgan fingerprint density at radius 3 is 2.69 bits per heavy atom. The Kier molecular flexibility index (Phi) is 6.23. The number of hydrogen-bond donors (Lipinski definition) is 1. The summed E-state index contributed by atoms with van der Waals surface area (Å²) in [5.41, 5.74) is 1.79. The molecular weight excluding hydrogens is 350 g/mol. The van der Waals surface area contributed by atoms with Gasteiger partial charge in [0, 0.05) is 30.4 Å². The van der Waals surface area contributed by atoms with Gasteiger partial charge < -0.3 is 10.2 Å². The predicted octanol–water partition coefficient (Wildman–Crippen LogP) is 3.34. The molecule has 1 aromatic heterocycles. The number of nitrogens with zero attached hydrogens (tertiary/aromatic N) is 2. The number of likely N-dealkylation sites (tertiary alicyclic amines) is 1. The van der Waals surface area contributed by atoms with E-state index in [1.807, 2.05) is 24.3 Å². The van der Waals surface area contributed by atoms with Crippen LogP contribution in [0.5, 0.6) is 0 Å². The van der Waals surface area contributed by atoms with E-state index in [0.717, 1.165) is 30.4 Å². The topological polar surface area (TPSA) is 62.3 Å². The highest BCUT2D eigenvalue weighted by Gasteiger charge is 2.22. The number of halogens is 1. The molecule has 0 aliphatic carbocycles. The Bertz CT molecular complexity index is 749. The first-order valence-corrected chi connectivity index (χ1v) is 9.24. The van der Waals surface area contributed by atoms with E-state index in [2.05, 4.69) is 10.3 Å². The van der Waals surface area contributed by atoms with Gasteiger partial charge in [-0.1, -0.05) is 36.2 Å². The molecule has 2 amide bonds. The van der Waals surface area contributed by atoms with Crippen LogP contribution in [0.25, 0.3) is 0 Å². The lowest BCUT2D eigenvalue weighted by Crippen LogP contribution is -2.41. The van der Waals surface area contributed by atoms with E-state index >= 15 is 0 Å². The fourth-order valence-corrected chi connectivity index (χ4v) is 3.27. The van der Waals surface area contributed by atoms with Gasteiger partial charge in [0.15, 0.2) is 0 Å². The summed E-state index contributed by atoms with van der Waals surface area (Å²) in [6, 6.07) is 10.8. The molecule has 0 spiro atoms. The van der Waals surface area contributed by atoms with Crippen LogP contribution in [-0.2, 0) is 9.59 Å². The van der Waals surface area contributed by atoms with Crippen LogP contribution in [0.1, 0.15) is 42.9 Å². The van der Waals surface area contributed by atoms with E-state index in [4.69, 9.17) is 11.6 Å². The number of benzene rings is 1. The van der Waals surface area contributed by atoms with Crippen LogP contribution < -0.4 is 5.32 Å². The van der Waals surface area contributed by atoms with Crippen LogP contribution in [0.3, 0.4) is 0 Å². The van der Waals surface area contributed by atoms with Crippen molar-refractivity contribution in [2.75, 3.05) is 13.1 Å². The molecule has 3 rings (SSSR count). The highest BCUT2D eigenvalue weighted by atomic mass is 35.5. The zero-order chi connectivity index (χ0) is 18.4. The van der Waals surface area contributed by atoms with Gasteiger partial charge in [-0.2, -0.15) is 0 Å². The van der Waals surface area contributed by atoms with Crippen LogP contribution in [0.15, 0.2) is 48.8 Å². The highest BCUT2D eigenvalue weighted by Crippen LogP contribution is 2.23. The van der Waals surface area contributed by atoms with Crippen molar-refractivity contribution in [1.82, 2.24) is 15.2 Å². The first-order chi connectivity index (χ1) is 12.6. The minimum atomic E-state index is -0.337. The molecular formula is C20H22ClN3O2. The maximum atomic E-state index is 12.6. The van der Waals surface area contributed by atoms with Crippen molar-refractivity contribution in [2.45, 2.75) is 31.7 Å². The average molecular weight is 372 g/mol. The maximum Gasteiger partial charge on any atom is 0.240 e. The van der Waals surface area contributed by atoms with E-state index in [9.17, 15) is 9.59 Å². The smallest absolute Gasteiger partial charge is 0.240 e. The average Bonchev–Trinajstić information content (AvgIpc) is 2.86. The van der Waals surface area contributed by atoms with E-state index in [1.54, 1.807) is 29.4 Å². The van der Waals surface area contributed by atoms with Crippen molar-refractivity contribution in [3.8, 4) is 0 Å². The molecule has 2 aromatic rings. The van der Waals surface area contributed by atoms with Crippen molar-refractivity contribution in [2.24, 2.45) is 0 Å². The largest absolute Gasteiger partial charge is 0.344 e. The van der Waals surface area contributed by atoms with Crippen molar-refractivity contribution in [1.29, 1.82) is 0 Å². The maximum absolute atomic E-state index is 12.6. The molecule has 5 nitrogen and oxygen atoms in total. The third kappa shape index (κ3) is 4.82. The number of carbonyl (C=O) groups excluding carboxylic acids is 2. The lowest BCUT2D eigenvalue weighted by atomic mass is 10.00. The van der Waals surface area contributed by atoms with Crippen molar-refractivity contribution in [3.05, 3.63) is 64.9 Å². The number of carbonyl (C=O) groups is 2. The van der Waals surface area contributed by atoms with Gasteiger partial charge in [0.2, 0.25) is 11.8 Å². The third-order valence-electron chi connectivity index (χ3n) is 4.53. The Hall–Kier alpha value is -2.40. The van der Waals surface area contributed by atoms with Crippen molar-refractivity contribution < 1.29 is 9.59 Å². The summed E-state index contributed by atoms with van der Waals surface area (Å²) in [7, 11) is 0. The molecule has 1 aliphatic heterocycles. The van der Waals surface area contributed by atoms with Gasteiger partial charge in [0.1, 0.15) is 0 Å². The Morgan fingerprint density at radius 1 is 1.15 bits per heavy atom. The Labute approximate surface area is 158 Å². The SMILES string of the molecule is O=C(CN1CCCCCC1=O)N[C@@H](c1ccc(Cl)cc1)c1cccnc1. The summed E-state index contributed by atoms with van der Waals surface area (Å²) in [6.45, 7) is 0.730. The molecule has 0 saturated carbocycles. The van der Waals surface area contributed by atoms with Gasteiger partial charge in [0.05, 0.1) is 12.6 Å². The second kappa shape index (κ2) is 8.81. The summed E-state index contributed by atoms with van der Waals surface area (Å²) in [6.07, 6.45) is 6.84.